The number of rotatable bonds is 4. The molecule has 5 aromatic rings. The molecule has 4 heteroatoms. The van der Waals surface area contributed by atoms with Crippen LogP contribution in [0.2, 0.25) is 0 Å². The highest BCUT2D eigenvalue weighted by Crippen LogP contribution is 2.31. The number of ether oxygens (including phenoxy) is 1. The molecule has 0 saturated carbocycles. The van der Waals surface area contributed by atoms with Gasteiger partial charge in [0.1, 0.15) is 5.75 Å². The Kier molecular flexibility index (Phi) is 5.22. The largest absolute Gasteiger partial charge is 0.439 e. The maximum absolute atomic E-state index is 6.06. The lowest BCUT2D eigenvalue weighted by Crippen LogP contribution is -2.50. The first kappa shape index (κ1) is 21.4. The van der Waals surface area contributed by atoms with Crippen LogP contribution in [-0.4, -0.2) is 16.7 Å². The zero-order valence-corrected chi connectivity index (χ0v) is 20.1. The summed E-state index contributed by atoms with van der Waals surface area (Å²) in [6, 6.07) is 29.9. The molecule has 35 heavy (non-hydrogen) atoms. The van der Waals surface area contributed by atoms with Crippen LogP contribution >= 0.6 is 0 Å². The maximum atomic E-state index is 6.06. The van der Waals surface area contributed by atoms with Gasteiger partial charge in [0.2, 0.25) is 5.88 Å². The fraction of sp³-hybridized carbons (Fsp3) is 0.0968. The van der Waals surface area contributed by atoms with Crippen molar-refractivity contribution in [2.75, 3.05) is 0 Å². The van der Waals surface area contributed by atoms with Crippen molar-refractivity contribution in [3.05, 3.63) is 114 Å². The number of benzene rings is 3. The predicted octanol–water partition coefficient (Wildman–Crippen LogP) is 5.36. The van der Waals surface area contributed by atoms with Gasteiger partial charge in [-0.15, -0.1) is 0 Å². The van der Waals surface area contributed by atoms with Crippen molar-refractivity contribution in [2.24, 2.45) is 0 Å². The van der Waals surface area contributed by atoms with Crippen molar-refractivity contribution in [3.8, 4) is 33.9 Å². The summed E-state index contributed by atoms with van der Waals surface area (Å²) >= 11 is 0. The minimum absolute atomic E-state index is 0.120. The summed E-state index contributed by atoms with van der Waals surface area (Å²) in [5, 5.41) is 0. The summed E-state index contributed by atoms with van der Waals surface area (Å²) in [6.07, 6.45) is 3.66. The summed E-state index contributed by atoms with van der Waals surface area (Å²) in [5.41, 5.74) is 12.2. The molecule has 0 bridgehead atoms. The molecule has 0 atom stereocenters. The van der Waals surface area contributed by atoms with Gasteiger partial charge in [-0.1, -0.05) is 65.0 Å². The Hall–Kier alpha value is -4.18. The van der Waals surface area contributed by atoms with Crippen molar-refractivity contribution in [3.63, 3.8) is 0 Å². The molecule has 0 N–H and O–H groups in total. The van der Waals surface area contributed by atoms with Crippen molar-refractivity contribution in [2.45, 2.75) is 20.8 Å². The average Bonchev–Trinajstić information content (AvgIpc) is 3.17. The van der Waals surface area contributed by atoms with Gasteiger partial charge in [0.15, 0.2) is 0 Å². The van der Waals surface area contributed by atoms with E-state index in [-0.39, 0.29) is 6.71 Å². The van der Waals surface area contributed by atoms with Crippen LogP contribution in [0.1, 0.15) is 16.7 Å². The van der Waals surface area contributed by atoms with E-state index in [0.717, 1.165) is 22.5 Å². The Labute approximate surface area is 206 Å². The van der Waals surface area contributed by atoms with Crippen LogP contribution in [-0.2, 0) is 0 Å². The first-order chi connectivity index (χ1) is 17.0. The third-order valence-electron chi connectivity index (χ3n) is 6.65. The Morgan fingerprint density at radius 1 is 0.600 bits per heavy atom. The topological polar surface area (TPSA) is 35.0 Å². The number of fused-ring (bicyclic) bond motifs is 3. The molecule has 0 amide bonds. The molecule has 0 aliphatic carbocycles. The summed E-state index contributed by atoms with van der Waals surface area (Å²) in [6.45, 7) is 6.50. The smallest absolute Gasteiger partial charge is 0.266 e. The van der Waals surface area contributed by atoms with Crippen molar-refractivity contribution < 1.29 is 4.74 Å². The van der Waals surface area contributed by atoms with Gasteiger partial charge in [0, 0.05) is 24.1 Å². The first-order valence-electron chi connectivity index (χ1n) is 11.9. The zero-order valence-electron chi connectivity index (χ0n) is 20.1. The lowest BCUT2D eigenvalue weighted by Gasteiger charge is -2.13. The second-order valence-electron chi connectivity index (χ2n) is 9.39. The first-order valence-corrected chi connectivity index (χ1v) is 11.9. The normalized spacial score (nSPS) is 11.8. The number of hydrogen-bond acceptors (Lipinski definition) is 3. The molecular weight excluding hydrogens is 427 g/mol. The van der Waals surface area contributed by atoms with Crippen LogP contribution in [0.25, 0.3) is 22.3 Å². The van der Waals surface area contributed by atoms with Crippen LogP contribution in [0.4, 0.5) is 0 Å². The summed E-state index contributed by atoms with van der Waals surface area (Å²) in [5.74, 6) is 1.38. The molecular formula is C31H25BN2O. The van der Waals surface area contributed by atoms with Crippen LogP contribution in [0.15, 0.2) is 97.3 Å². The van der Waals surface area contributed by atoms with E-state index >= 15 is 0 Å². The van der Waals surface area contributed by atoms with Crippen molar-refractivity contribution in [1.82, 2.24) is 9.97 Å². The maximum Gasteiger partial charge on any atom is 0.266 e. The van der Waals surface area contributed by atoms with E-state index < -0.39 is 0 Å². The van der Waals surface area contributed by atoms with E-state index in [1.807, 2.05) is 30.5 Å². The number of pyridine rings is 2. The number of nitrogens with zero attached hydrogens (tertiary/aromatic N) is 2. The Morgan fingerprint density at radius 2 is 1.49 bits per heavy atom. The van der Waals surface area contributed by atoms with Gasteiger partial charge in [-0.05, 0) is 84.5 Å². The van der Waals surface area contributed by atoms with Gasteiger partial charge < -0.3 is 4.74 Å². The highest BCUT2D eigenvalue weighted by Gasteiger charge is 2.34. The molecule has 1 aliphatic rings. The van der Waals surface area contributed by atoms with E-state index in [2.05, 4.69) is 86.4 Å². The van der Waals surface area contributed by atoms with E-state index in [0.29, 0.717) is 5.88 Å². The molecule has 3 heterocycles. The SMILES string of the molecule is Cc1cc(Oc2ccccn2)cc(-c2ccc3c(c2)B(c2cc(C)ccn2)c2ccc(C)cc2-3)c1. The highest BCUT2D eigenvalue weighted by molar-refractivity contribution is 6.98. The minimum Gasteiger partial charge on any atom is -0.439 e. The molecule has 3 aromatic carbocycles. The van der Waals surface area contributed by atoms with Gasteiger partial charge >= 0.3 is 0 Å². The molecule has 168 valence electrons. The Balaban J connectivity index is 1.47. The number of aromatic nitrogens is 2. The van der Waals surface area contributed by atoms with Gasteiger partial charge in [0.25, 0.3) is 6.71 Å². The molecule has 0 saturated heterocycles. The second kappa shape index (κ2) is 8.55. The van der Waals surface area contributed by atoms with Gasteiger partial charge in [0.05, 0.1) is 0 Å². The van der Waals surface area contributed by atoms with Crippen molar-refractivity contribution >= 4 is 23.2 Å². The molecule has 1 aliphatic heterocycles. The van der Waals surface area contributed by atoms with Gasteiger partial charge in [-0.3, -0.25) is 4.98 Å². The molecule has 2 aromatic heterocycles. The second-order valence-corrected chi connectivity index (χ2v) is 9.39. The van der Waals surface area contributed by atoms with E-state index in [4.69, 9.17) is 9.72 Å². The molecule has 0 fully saturated rings. The summed E-state index contributed by atoms with van der Waals surface area (Å²) < 4.78 is 6.06. The zero-order chi connectivity index (χ0) is 23.9. The molecule has 0 radical (unpaired) electrons. The highest BCUT2D eigenvalue weighted by atomic mass is 16.5. The van der Waals surface area contributed by atoms with Crippen LogP contribution in [0, 0.1) is 20.8 Å². The predicted molar refractivity (Wildman–Crippen MR) is 145 cm³/mol. The van der Waals surface area contributed by atoms with E-state index in [1.165, 1.54) is 38.7 Å². The molecule has 6 rings (SSSR count). The van der Waals surface area contributed by atoms with Crippen LogP contribution < -0.4 is 21.3 Å². The van der Waals surface area contributed by atoms with Gasteiger partial charge in [-0.25, -0.2) is 4.98 Å². The average molecular weight is 452 g/mol. The van der Waals surface area contributed by atoms with E-state index in [1.54, 1.807) is 6.20 Å². The van der Waals surface area contributed by atoms with Crippen LogP contribution in [0.5, 0.6) is 11.6 Å². The lowest BCUT2D eigenvalue weighted by molar-refractivity contribution is 0.463. The third kappa shape index (κ3) is 4.02. The van der Waals surface area contributed by atoms with Crippen molar-refractivity contribution in [1.29, 1.82) is 0 Å². The quantitative estimate of drug-likeness (QED) is 0.338. The monoisotopic (exact) mass is 452 g/mol. The lowest BCUT2D eigenvalue weighted by atomic mass is 9.40. The molecule has 0 unspecified atom stereocenters. The van der Waals surface area contributed by atoms with E-state index in [9.17, 15) is 0 Å². The van der Waals surface area contributed by atoms with Crippen LogP contribution in [0.3, 0.4) is 0 Å². The molecule has 3 nitrogen and oxygen atoms in total. The Bertz CT molecular complexity index is 1560. The minimum atomic E-state index is 0.120. The fourth-order valence-corrected chi connectivity index (χ4v) is 5.09. The van der Waals surface area contributed by atoms with Gasteiger partial charge in [-0.2, -0.15) is 0 Å². The summed E-state index contributed by atoms with van der Waals surface area (Å²) in [7, 11) is 0. The number of aryl methyl sites for hydroxylation is 3. The molecule has 0 spiro atoms. The standard InChI is InChI=1S/C31H25BN2O/c1-20-7-10-28-27(16-20)26-9-8-23(19-29(26)32(28)30-17-21(2)11-13-33-30)24-14-22(3)15-25(18-24)35-31-6-4-5-12-34-31/h4-19H,1-3H3. The number of hydrogen-bond donors (Lipinski definition) is 0. The summed E-state index contributed by atoms with van der Waals surface area (Å²) in [4.78, 5) is 9.10. The Morgan fingerprint density at radius 3 is 2.31 bits per heavy atom. The fourth-order valence-electron chi connectivity index (χ4n) is 5.09. The third-order valence-corrected chi connectivity index (χ3v) is 6.65.